The van der Waals surface area contributed by atoms with Crippen LogP contribution in [0.3, 0.4) is 0 Å². The Bertz CT molecular complexity index is 381. The van der Waals surface area contributed by atoms with Gasteiger partial charge in [-0.05, 0) is 18.1 Å². The molecule has 1 saturated heterocycles. The minimum absolute atomic E-state index is 0.107. The lowest BCUT2D eigenvalue weighted by Crippen LogP contribution is -2.38. The molecule has 0 amide bonds. The molecule has 2 unspecified atom stereocenters. The third kappa shape index (κ3) is 3.36. The van der Waals surface area contributed by atoms with E-state index in [-0.39, 0.29) is 6.04 Å². The molecular formula is C12H15F2NS2. The van der Waals surface area contributed by atoms with Crippen molar-refractivity contribution in [3.63, 3.8) is 0 Å². The predicted molar refractivity (Wildman–Crippen MR) is 71.6 cm³/mol. The molecule has 1 aromatic carbocycles. The van der Waals surface area contributed by atoms with Crippen molar-refractivity contribution in [3.05, 3.63) is 35.4 Å². The second kappa shape index (κ2) is 6.07. The summed E-state index contributed by atoms with van der Waals surface area (Å²) in [6, 6.07) is 4.17. The summed E-state index contributed by atoms with van der Waals surface area (Å²) in [6.45, 7) is 0. The third-order valence-electron chi connectivity index (χ3n) is 2.81. The van der Waals surface area contributed by atoms with E-state index in [2.05, 4.69) is 0 Å². The van der Waals surface area contributed by atoms with Crippen molar-refractivity contribution < 1.29 is 8.78 Å². The van der Waals surface area contributed by atoms with Crippen molar-refractivity contribution in [2.45, 2.75) is 17.7 Å². The molecule has 0 aliphatic carbocycles. The van der Waals surface area contributed by atoms with Crippen LogP contribution in [-0.4, -0.2) is 28.6 Å². The molecule has 0 spiro atoms. The Hall–Kier alpha value is -0.260. The van der Waals surface area contributed by atoms with Gasteiger partial charge in [0, 0.05) is 28.6 Å². The molecule has 2 rings (SSSR count). The summed E-state index contributed by atoms with van der Waals surface area (Å²) >= 11 is 3.72. The molecule has 2 atom stereocenters. The third-order valence-corrected chi connectivity index (χ3v) is 5.75. The maximum Gasteiger partial charge on any atom is 0.162 e. The SMILES string of the molecule is NC(Cc1cccc(F)c1F)C1CSCCS1. The van der Waals surface area contributed by atoms with Gasteiger partial charge in [-0.15, -0.1) is 0 Å². The summed E-state index contributed by atoms with van der Waals surface area (Å²) in [6.07, 6.45) is 0.405. The van der Waals surface area contributed by atoms with Gasteiger partial charge in [0.1, 0.15) is 0 Å². The standard InChI is InChI=1S/C12H15F2NS2/c13-9-3-1-2-8(12(9)14)6-10(15)11-7-16-4-5-17-11/h1-3,10-11H,4-7,15H2. The Morgan fingerprint density at radius 3 is 2.88 bits per heavy atom. The number of halogens is 2. The summed E-state index contributed by atoms with van der Waals surface area (Å²) in [5, 5.41) is 0.344. The summed E-state index contributed by atoms with van der Waals surface area (Å²) in [4.78, 5) is 0. The van der Waals surface area contributed by atoms with Crippen molar-refractivity contribution in [3.8, 4) is 0 Å². The molecule has 0 radical (unpaired) electrons. The van der Waals surface area contributed by atoms with Crippen LogP contribution in [0.15, 0.2) is 18.2 Å². The molecule has 94 valence electrons. The van der Waals surface area contributed by atoms with Crippen LogP contribution < -0.4 is 5.73 Å². The molecular weight excluding hydrogens is 260 g/mol. The van der Waals surface area contributed by atoms with E-state index in [4.69, 9.17) is 5.73 Å². The Kier molecular flexibility index (Phi) is 4.70. The maximum absolute atomic E-state index is 13.5. The van der Waals surface area contributed by atoms with E-state index in [1.807, 2.05) is 23.5 Å². The molecule has 1 nitrogen and oxygen atoms in total. The number of thioether (sulfide) groups is 2. The van der Waals surface area contributed by atoms with E-state index >= 15 is 0 Å². The van der Waals surface area contributed by atoms with E-state index in [0.29, 0.717) is 17.2 Å². The second-order valence-corrected chi connectivity index (χ2v) is 6.56. The van der Waals surface area contributed by atoms with Gasteiger partial charge in [-0.1, -0.05) is 12.1 Å². The summed E-state index contributed by atoms with van der Waals surface area (Å²) < 4.78 is 26.5. The highest BCUT2D eigenvalue weighted by Crippen LogP contribution is 2.27. The molecule has 1 aliphatic heterocycles. The van der Waals surface area contributed by atoms with E-state index in [1.54, 1.807) is 6.07 Å². The van der Waals surface area contributed by atoms with Crippen LogP contribution in [-0.2, 0) is 6.42 Å². The normalized spacial score (nSPS) is 22.4. The fourth-order valence-corrected chi connectivity index (χ4v) is 4.67. The lowest BCUT2D eigenvalue weighted by molar-refractivity contribution is 0.492. The predicted octanol–water partition coefficient (Wildman–Crippen LogP) is 2.68. The van der Waals surface area contributed by atoms with Gasteiger partial charge < -0.3 is 5.73 Å². The molecule has 2 N–H and O–H groups in total. The number of hydrogen-bond donors (Lipinski definition) is 1. The highest BCUT2D eigenvalue weighted by atomic mass is 32.2. The second-order valence-electron chi connectivity index (χ2n) is 4.07. The average molecular weight is 275 g/mol. The average Bonchev–Trinajstić information content (AvgIpc) is 2.36. The number of hydrogen-bond acceptors (Lipinski definition) is 3. The van der Waals surface area contributed by atoms with Gasteiger partial charge in [0.05, 0.1) is 0 Å². The first-order valence-corrected chi connectivity index (χ1v) is 7.76. The Morgan fingerprint density at radius 2 is 2.18 bits per heavy atom. The lowest BCUT2D eigenvalue weighted by atomic mass is 10.0. The van der Waals surface area contributed by atoms with Crippen molar-refractivity contribution >= 4 is 23.5 Å². The Labute approximate surface area is 109 Å². The first kappa shape index (κ1) is 13.2. The monoisotopic (exact) mass is 275 g/mol. The molecule has 1 aliphatic rings. The van der Waals surface area contributed by atoms with Crippen LogP contribution in [0.2, 0.25) is 0 Å². The lowest BCUT2D eigenvalue weighted by Gasteiger charge is -2.26. The van der Waals surface area contributed by atoms with E-state index in [0.717, 1.165) is 23.3 Å². The summed E-state index contributed by atoms with van der Waals surface area (Å²) in [5.41, 5.74) is 6.46. The minimum Gasteiger partial charge on any atom is -0.326 e. The van der Waals surface area contributed by atoms with Gasteiger partial charge in [-0.25, -0.2) is 8.78 Å². The van der Waals surface area contributed by atoms with E-state index in [9.17, 15) is 8.78 Å². The molecule has 0 bridgehead atoms. The smallest absolute Gasteiger partial charge is 0.162 e. The first-order valence-electron chi connectivity index (χ1n) is 5.56. The van der Waals surface area contributed by atoms with Gasteiger partial charge in [0.2, 0.25) is 0 Å². The van der Waals surface area contributed by atoms with Gasteiger partial charge >= 0.3 is 0 Å². The van der Waals surface area contributed by atoms with Gasteiger partial charge in [-0.3, -0.25) is 0 Å². The van der Waals surface area contributed by atoms with Crippen LogP contribution in [0.25, 0.3) is 0 Å². The zero-order valence-electron chi connectivity index (χ0n) is 9.36. The summed E-state index contributed by atoms with van der Waals surface area (Å²) in [7, 11) is 0. The highest BCUT2D eigenvalue weighted by Gasteiger charge is 2.23. The highest BCUT2D eigenvalue weighted by molar-refractivity contribution is 8.06. The largest absolute Gasteiger partial charge is 0.326 e. The van der Waals surface area contributed by atoms with Crippen molar-refractivity contribution in [1.82, 2.24) is 0 Å². The van der Waals surface area contributed by atoms with Crippen molar-refractivity contribution in [1.29, 1.82) is 0 Å². The van der Waals surface area contributed by atoms with Crippen LogP contribution in [0.4, 0.5) is 8.78 Å². The quantitative estimate of drug-likeness (QED) is 0.918. The van der Waals surface area contributed by atoms with Gasteiger partial charge in [0.25, 0.3) is 0 Å². The molecule has 17 heavy (non-hydrogen) atoms. The Morgan fingerprint density at radius 1 is 1.35 bits per heavy atom. The van der Waals surface area contributed by atoms with Crippen LogP contribution >= 0.6 is 23.5 Å². The molecule has 0 aromatic heterocycles. The molecule has 1 fully saturated rings. The zero-order valence-corrected chi connectivity index (χ0v) is 11.0. The molecule has 5 heteroatoms. The fraction of sp³-hybridized carbons (Fsp3) is 0.500. The topological polar surface area (TPSA) is 26.0 Å². The van der Waals surface area contributed by atoms with Crippen LogP contribution in [0.5, 0.6) is 0 Å². The number of rotatable bonds is 3. The molecule has 1 aromatic rings. The van der Waals surface area contributed by atoms with Crippen LogP contribution in [0.1, 0.15) is 5.56 Å². The summed E-state index contributed by atoms with van der Waals surface area (Å²) in [5.74, 6) is 1.71. The minimum atomic E-state index is -0.791. The van der Waals surface area contributed by atoms with E-state index in [1.165, 1.54) is 6.07 Å². The fourth-order valence-electron chi connectivity index (χ4n) is 1.84. The molecule has 0 saturated carbocycles. The van der Waals surface area contributed by atoms with Gasteiger partial charge in [-0.2, -0.15) is 23.5 Å². The zero-order chi connectivity index (χ0) is 12.3. The maximum atomic E-state index is 13.5. The van der Waals surface area contributed by atoms with Crippen LogP contribution in [0, 0.1) is 11.6 Å². The number of nitrogens with two attached hydrogens (primary N) is 1. The van der Waals surface area contributed by atoms with E-state index < -0.39 is 11.6 Å². The first-order chi connectivity index (χ1) is 8.18. The van der Waals surface area contributed by atoms with Crippen molar-refractivity contribution in [2.75, 3.05) is 17.3 Å². The van der Waals surface area contributed by atoms with Crippen molar-refractivity contribution in [2.24, 2.45) is 5.73 Å². The van der Waals surface area contributed by atoms with Gasteiger partial charge in [0.15, 0.2) is 11.6 Å². The number of benzene rings is 1. The Balaban J connectivity index is 2.01. The molecule has 1 heterocycles.